The second-order valence-corrected chi connectivity index (χ2v) is 3.02. The maximum absolute atomic E-state index is 12.2. The summed E-state index contributed by atoms with van der Waals surface area (Å²) in [6.07, 6.45) is -4.86. The zero-order valence-corrected chi connectivity index (χ0v) is 8.91. The van der Waals surface area contributed by atoms with Gasteiger partial charge in [-0.1, -0.05) is 0 Å². The van der Waals surface area contributed by atoms with Crippen LogP contribution in [0, 0.1) is 0 Å². The van der Waals surface area contributed by atoms with Crippen LogP contribution in [0.1, 0.15) is 11.3 Å². The second kappa shape index (κ2) is 5.19. The summed E-state index contributed by atoms with van der Waals surface area (Å²) in [6, 6.07) is 1.23. The number of alkyl halides is 3. The number of hydrogen-bond acceptors (Lipinski definition) is 5. The highest BCUT2D eigenvalue weighted by molar-refractivity contribution is 5.43. The maximum Gasteiger partial charge on any atom is 0.573 e. The lowest BCUT2D eigenvalue weighted by atomic mass is 10.2. The van der Waals surface area contributed by atoms with E-state index in [1.807, 2.05) is 0 Å². The van der Waals surface area contributed by atoms with Crippen molar-refractivity contribution in [3.05, 3.63) is 17.3 Å². The molecule has 0 saturated carbocycles. The molecule has 0 saturated heterocycles. The molecule has 1 aromatic heterocycles. The Morgan fingerprint density at radius 3 is 2.53 bits per heavy atom. The smallest absolute Gasteiger partial charge is 0.478 e. The lowest BCUT2D eigenvalue weighted by Crippen LogP contribution is -2.20. The van der Waals surface area contributed by atoms with E-state index in [0.29, 0.717) is 0 Å². The van der Waals surface area contributed by atoms with Gasteiger partial charge in [0.25, 0.3) is 5.88 Å². The average Bonchev–Trinajstić information content (AvgIpc) is 2.27. The maximum atomic E-state index is 12.2. The van der Waals surface area contributed by atoms with Gasteiger partial charge in [0.05, 0.1) is 19.4 Å². The number of aliphatic hydroxyl groups excluding tert-OH is 1. The van der Waals surface area contributed by atoms with Gasteiger partial charge in [0.1, 0.15) is 0 Å². The van der Waals surface area contributed by atoms with E-state index >= 15 is 0 Å². The molecule has 0 bridgehead atoms. The van der Waals surface area contributed by atoms with Crippen LogP contribution < -0.4 is 15.2 Å². The third-order valence-electron chi connectivity index (χ3n) is 1.86. The number of rotatable bonds is 4. The average molecular weight is 252 g/mol. The molecule has 0 fully saturated rings. The molecule has 0 aliphatic rings. The summed E-state index contributed by atoms with van der Waals surface area (Å²) in [5.74, 6) is -0.950. The Morgan fingerprint density at radius 2 is 2.12 bits per heavy atom. The van der Waals surface area contributed by atoms with Gasteiger partial charge in [-0.25, -0.2) is 4.98 Å². The highest BCUT2D eigenvalue weighted by atomic mass is 19.4. The molecule has 96 valence electrons. The minimum atomic E-state index is -4.86. The lowest BCUT2D eigenvalue weighted by Gasteiger charge is -2.15. The Kier molecular flexibility index (Phi) is 4.13. The van der Waals surface area contributed by atoms with Crippen molar-refractivity contribution in [1.82, 2.24) is 4.98 Å². The van der Waals surface area contributed by atoms with Crippen LogP contribution in [0.25, 0.3) is 0 Å². The molecular formula is C9H11F3N2O3. The largest absolute Gasteiger partial charge is 0.573 e. The fraction of sp³-hybridized carbons (Fsp3) is 0.444. The third-order valence-corrected chi connectivity index (χ3v) is 1.86. The number of halogens is 3. The zero-order valence-electron chi connectivity index (χ0n) is 8.91. The van der Waals surface area contributed by atoms with E-state index in [2.05, 4.69) is 14.5 Å². The summed E-state index contributed by atoms with van der Waals surface area (Å²) in [5, 5.41) is 8.88. The molecule has 8 heteroatoms. The molecule has 0 aromatic carbocycles. The van der Waals surface area contributed by atoms with Gasteiger partial charge in [-0.15, -0.1) is 13.2 Å². The highest BCUT2D eigenvalue weighted by Crippen LogP contribution is 2.34. The quantitative estimate of drug-likeness (QED) is 0.833. The number of aromatic nitrogens is 1. The fourth-order valence-electron chi connectivity index (χ4n) is 1.21. The molecule has 0 unspecified atom stereocenters. The number of nitrogens with two attached hydrogens (primary N) is 1. The van der Waals surface area contributed by atoms with Crippen LogP contribution in [-0.2, 0) is 13.2 Å². The summed E-state index contributed by atoms with van der Waals surface area (Å²) in [6.45, 7) is -0.632. The normalized spacial score (nSPS) is 11.4. The molecule has 0 atom stereocenters. The van der Waals surface area contributed by atoms with Gasteiger partial charge in [0.2, 0.25) is 0 Å². The van der Waals surface area contributed by atoms with E-state index in [0.717, 1.165) is 7.11 Å². The van der Waals surface area contributed by atoms with E-state index in [9.17, 15) is 13.2 Å². The van der Waals surface area contributed by atoms with Crippen LogP contribution in [0.15, 0.2) is 6.07 Å². The first-order valence-electron chi connectivity index (χ1n) is 4.54. The van der Waals surface area contributed by atoms with Gasteiger partial charge >= 0.3 is 6.36 Å². The van der Waals surface area contributed by atoms with Crippen LogP contribution in [-0.4, -0.2) is 23.6 Å². The SMILES string of the molecule is COc1nc(CO)cc(CN)c1OC(F)(F)F. The van der Waals surface area contributed by atoms with Crippen LogP contribution >= 0.6 is 0 Å². The molecule has 0 radical (unpaired) electrons. The van der Waals surface area contributed by atoms with Crippen LogP contribution in [0.3, 0.4) is 0 Å². The summed E-state index contributed by atoms with van der Waals surface area (Å²) in [7, 11) is 1.15. The Balaban J connectivity index is 3.24. The standard InChI is InChI=1S/C9H11F3N2O3/c1-16-8-7(17-9(10,11)12)5(3-13)2-6(4-15)14-8/h2,15H,3-4,13H2,1H3. The Hall–Kier alpha value is -1.54. The molecule has 0 aliphatic carbocycles. The summed E-state index contributed by atoms with van der Waals surface area (Å²) in [5.41, 5.74) is 5.51. The predicted molar refractivity (Wildman–Crippen MR) is 51.3 cm³/mol. The van der Waals surface area contributed by atoms with Crippen LogP contribution in [0.4, 0.5) is 13.2 Å². The van der Waals surface area contributed by atoms with E-state index < -0.39 is 18.7 Å². The first kappa shape index (κ1) is 13.5. The Labute approximate surface area is 95.0 Å². The summed E-state index contributed by atoms with van der Waals surface area (Å²) < 4.78 is 45.0. The zero-order chi connectivity index (χ0) is 13.1. The van der Waals surface area contributed by atoms with Gasteiger partial charge in [0.15, 0.2) is 5.75 Å². The minimum absolute atomic E-state index is 0.0539. The summed E-state index contributed by atoms with van der Waals surface area (Å²) >= 11 is 0. The molecule has 0 amide bonds. The third kappa shape index (κ3) is 3.46. The van der Waals surface area contributed by atoms with Crippen molar-refractivity contribution in [2.75, 3.05) is 7.11 Å². The van der Waals surface area contributed by atoms with Gasteiger partial charge in [0, 0.05) is 12.1 Å². The molecule has 0 spiro atoms. The van der Waals surface area contributed by atoms with Crippen molar-refractivity contribution in [1.29, 1.82) is 0 Å². The van der Waals surface area contributed by atoms with Crippen LogP contribution in [0.2, 0.25) is 0 Å². The number of methoxy groups -OCH3 is 1. The van der Waals surface area contributed by atoms with Crippen molar-refractivity contribution in [2.24, 2.45) is 5.73 Å². The van der Waals surface area contributed by atoms with E-state index in [-0.39, 0.29) is 23.7 Å². The molecule has 17 heavy (non-hydrogen) atoms. The number of pyridine rings is 1. The highest BCUT2D eigenvalue weighted by Gasteiger charge is 2.34. The van der Waals surface area contributed by atoms with Crippen LogP contribution in [0.5, 0.6) is 11.6 Å². The molecule has 5 nitrogen and oxygen atoms in total. The van der Waals surface area contributed by atoms with E-state index in [1.165, 1.54) is 6.07 Å². The number of hydrogen-bond donors (Lipinski definition) is 2. The van der Waals surface area contributed by atoms with Gasteiger partial charge in [-0.3, -0.25) is 0 Å². The first-order chi connectivity index (χ1) is 7.91. The molecule has 0 aliphatic heterocycles. The monoisotopic (exact) mass is 252 g/mol. The van der Waals surface area contributed by atoms with Gasteiger partial charge < -0.3 is 20.3 Å². The predicted octanol–water partition coefficient (Wildman–Crippen LogP) is 0.940. The Morgan fingerprint density at radius 1 is 1.47 bits per heavy atom. The van der Waals surface area contributed by atoms with Gasteiger partial charge in [-0.2, -0.15) is 0 Å². The molecule has 3 N–H and O–H groups in total. The van der Waals surface area contributed by atoms with Crippen molar-refractivity contribution in [3.63, 3.8) is 0 Å². The van der Waals surface area contributed by atoms with Crippen molar-refractivity contribution in [3.8, 4) is 11.6 Å². The van der Waals surface area contributed by atoms with E-state index in [4.69, 9.17) is 10.8 Å². The van der Waals surface area contributed by atoms with Crippen molar-refractivity contribution in [2.45, 2.75) is 19.5 Å². The minimum Gasteiger partial charge on any atom is -0.478 e. The molecule has 1 rings (SSSR count). The van der Waals surface area contributed by atoms with E-state index in [1.54, 1.807) is 0 Å². The second-order valence-electron chi connectivity index (χ2n) is 3.02. The Bertz CT molecular complexity index is 371. The molecule has 1 heterocycles. The van der Waals surface area contributed by atoms with Crippen molar-refractivity contribution >= 4 is 0 Å². The number of aliphatic hydroxyl groups is 1. The molecular weight excluding hydrogens is 241 g/mol. The number of ether oxygens (including phenoxy) is 2. The van der Waals surface area contributed by atoms with Crippen molar-refractivity contribution < 1.29 is 27.8 Å². The number of nitrogens with zero attached hydrogens (tertiary/aromatic N) is 1. The first-order valence-corrected chi connectivity index (χ1v) is 4.54. The lowest BCUT2D eigenvalue weighted by molar-refractivity contribution is -0.275. The fourth-order valence-corrected chi connectivity index (χ4v) is 1.21. The van der Waals surface area contributed by atoms with Gasteiger partial charge in [-0.05, 0) is 6.07 Å². The summed E-state index contributed by atoms with van der Waals surface area (Å²) in [4.78, 5) is 3.65. The molecule has 1 aromatic rings. The topological polar surface area (TPSA) is 77.6 Å².